The fourth-order valence-corrected chi connectivity index (χ4v) is 4.92. The van der Waals surface area contributed by atoms with Crippen LogP contribution in [-0.2, 0) is 6.42 Å². The van der Waals surface area contributed by atoms with Crippen molar-refractivity contribution in [2.75, 3.05) is 0 Å². The van der Waals surface area contributed by atoms with E-state index in [2.05, 4.69) is 66.7 Å². The van der Waals surface area contributed by atoms with Crippen molar-refractivity contribution in [2.24, 2.45) is 0 Å². The van der Waals surface area contributed by atoms with Gasteiger partial charge in [-0.25, -0.2) is 0 Å². The van der Waals surface area contributed by atoms with E-state index >= 15 is 0 Å². The molecule has 0 aromatic heterocycles. The van der Waals surface area contributed by atoms with Crippen LogP contribution in [0, 0.1) is 0 Å². The van der Waals surface area contributed by atoms with Crippen molar-refractivity contribution in [1.82, 2.24) is 0 Å². The van der Waals surface area contributed by atoms with Crippen LogP contribution in [0.3, 0.4) is 0 Å². The largest absolute Gasteiger partial charge is 0.488 e. The minimum atomic E-state index is -1.51. The van der Waals surface area contributed by atoms with E-state index in [4.69, 9.17) is 0 Å². The van der Waals surface area contributed by atoms with Crippen LogP contribution in [0.25, 0.3) is 43.8 Å². The van der Waals surface area contributed by atoms with Crippen LogP contribution in [0.15, 0.2) is 91.0 Å². The Hall–Kier alpha value is -3.40. The van der Waals surface area contributed by atoms with Crippen LogP contribution in [0.5, 0.6) is 0 Å². The van der Waals surface area contributed by atoms with Crippen molar-refractivity contribution < 1.29 is 10.0 Å². The number of hydrogen-bond donors (Lipinski definition) is 2. The predicted molar refractivity (Wildman–Crippen MR) is 125 cm³/mol. The fourth-order valence-electron chi connectivity index (χ4n) is 4.92. The summed E-state index contributed by atoms with van der Waals surface area (Å²) in [6, 6.07) is 31.4. The van der Waals surface area contributed by atoms with E-state index < -0.39 is 7.12 Å². The molecule has 0 amide bonds. The summed E-state index contributed by atoms with van der Waals surface area (Å²) in [6.45, 7) is 0. The van der Waals surface area contributed by atoms with Gasteiger partial charge in [0.25, 0.3) is 0 Å². The van der Waals surface area contributed by atoms with Gasteiger partial charge >= 0.3 is 7.12 Å². The van der Waals surface area contributed by atoms with E-state index in [1.807, 2.05) is 24.3 Å². The van der Waals surface area contributed by atoms with E-state index in [9.17, 15) is 10.0 Å². The summed E-state index contributed by atoms with van der Waals surface area (Å²) in [4.78, 5) is 0. The molecular formula is C27H19BO2. The van der Waals surface area contributed by atoms with Crippen molar-refractivity contribution in [2.45, 2.75) is 6.42 Å². The summed E-state index contributed by atoms with van der Waals surface area (Å²) >= 11 is 0. The third-order valence-electron chi connectivity index (χ3n) is 6.32. The molecule has 30 heavy (non-hydrogen) atoms. The van der Waals surface area contributed by atoms with Gasteiger partial charge in [-0.05, 0) is 66.8 Å². The van der Waals surface area contributed by atoms with Gasteiger partial charge in [-0.1, -0.05) is 91.0 Å². The number of hydrogen-bond acceptors (Lipinski definition) is 2. The second-order valence-corrected chi connectivity index (χ2v) is 7.99. The highest BCUT2D eigenvalue weighted by molar-refractivity contribution is 6.59. The molecule has 6 rings (SSSR count). The highest BCUT2D eigenvalue weighted by Gasteiger charge is 2.23. The molecule has 0 spiro atoms. The highest BCUT2D eigenvalue weighted by Crippen LogP contribution is 2.43. The zero-order valence-corrected chi connectivity index (χ0v) is 16.3. The normalized spacial score (nSPS) is 12.2. The quantitative estimate of drug-likeness (QED) is 0.328. The van der Waals surface area contributed by atoms with Gasteiger partial charge in [0.15, 0.2) is 0 Å². The Kier molecular flexibility index (Phi) is 3.82. The monoisotopic (exact) mass is 386 g/mol. The maximum atomic E-state index is 10.0. The van der Waals surface area contributed by atoms with Gasteiger partial charge in [-0.3, -0.25) is 0 Å². The molecule has 0 fully saturated rings. The summed E-state index contributed by atoms with van der Waals surface area (Å²) in [5.41, 5.74) is 7.93. The third-order valence-corrected chi connectivity index (χ3v) is 6.32. The summed E-state index contributed by atoms with van der Waals surface area (Å²) in [5.74, 6) is 0. The average molecular weight is 386 g/mol. The molecule has 2 N–H and O–H groups in total. The zero-order valence-electron chi connectivity index (χ0n) is 16.3. The molecule has 0 aliphatic heterocycles. The first-order valence-electron chi connectivity index (χ1n) is 10.2. The predicted octanol–water partition coefficient (Wildman–Crippen LogP) is 4.91. The van der Waals surface area contributed by atoms with Crippen LogP contribution in [0.1, 0.15) is 11.1 Å². The van der Waals surface area contributed by atoms with Gasteiger partial charge < -0.3 is 10.0 Å². The van der Waals surface area contributed by atoms with Crippen molar-refractivity contribution in [3.63, 3.8) is 0 Å². The van der Waals surface area contributed by atoms with Crippen molar-refractivity contribution in [3.8, 4) is 22.3 Å². The molecule has 1 aliphatic carbocycles. The second kappa shape index (κ2) is 6.56. The Morgan fingerprint density at radius 2 is 1.30 bits per heavy atom. The fraction of sp³-hybridized carbons (Fsp3) is 0.0370. The molecule has 0 radical (unpaired) electrons. The smallest absolute Gasteiger partial charge is 0.423 e. The van der Waals surface area contributed by atoms with Gasteiger partial charge in [0.1, 0.15) is 0 Å². The number of benzene rings is 5. The lowest BCUT2D eigenvalue weighted by Crippen LogP contribution is -2.29. The molecule has 0 unspecified atom stereocenters. The van der Waals surface area contributed by atoms with E-state index in [0.717, 1.165) is 39.1 Å². The highest BCUT2D eigenvalue weighted by atomic mass is 16.4. The zero-order chi connectivity index (χ0) is 20.2. The second-order valence-electron chi connectivity index (χ2n) is 7.99. The summed E-state index contributed by atoms with van der Waals surface area (Å²) in [6.07, 6.45) is 0.892. The lowest BCUT2D eigenvalue weighted by molar-refractivity contribution is 0.426. The summed E-state index contributed by atoms with van der Waals surface area (Å²) < 4.78 is 0. The van der Waals surface area contributed by atoms with Gasteiger partial charge in [0.05, 0.1) is 0 Å². The minimum absolute atomic E-state index is 0.516. The Morgan fingerprint density at radius 3 is 2.17 bits per heavy atom. The topological polar surface area (TPSA) is 40.5 Å². The SMILES string of the molecule is OB(O)c1cc(-c2cccc3c2Cc2ccccc2-3)c2ccc3ccccc3c2c1. The first kappa shape index (κ1) is 17.5. The van der Waals surface area contributed by atoms with Crippen molar-refractivity contribution in [3.05, 3.63) is 102 Å². The number of rotatable bonds is 2. The van der Waals surface area contributed by atoms with Gasteiger partial charge in [0, 0.05) is 0 Å². The minimum Gasteiger partial charge on any atom is -0.423 e. The first-order valence-corrected chi connectivity index (χ1v) is 10.2. The Bertz CT molecular complexity index is 1450. The molecule has 3 heteroatoms. The van der Waals surface area contributed by atoms with Crippen LogP contribution >= 0.6 is 0 Å². The maximum Gasteiger partial charge on any atom is 0.488 e. The molecule has 0 saturated heterocycles. The van der Waals surface area contributed by atoms with Crippen molar-refractivity contribution in [1.29, 1.82) is 0 Å². The molecule has 5 aromatic carbocycles. The van der Waals surface area contributed by atoms with Crippen LogP contribution in [-0.4, -0.2) is 17.2 Å². The summed E-state index contributed by atoms with van der Waals surface area (Å²) in [7, 11) is -1.51. The van der Waals surface area contributed by atoms with Gasteiger partial charge in [0.2, 0.25) is 0 Å². The Balaban J connectivity index is 1.69. The molecule has 0 saturated carbocycles. The molecule has 0 atom stereocenters. The molecular weight excluding hydrogens is 367 g/mol. The molecule has 0 bridgehead atoms. The lowest BCUT2D eigenvalue weighted by atomic mass is 9.76. The molecule has 5 aromatic rings. The van der Waals surface area contributed by atoms with Crippen LogP contribution < -0.4 is 5.46 Å². The van der Waals surface area contributed by atoms with E-state index in [-0.39, 0.29) is 0 Å². The number of fused-ring (bicyclic) bond motifs is 6. The van der Waals surface area contributed by atoms with Gasteiger partial charge in [-0.2, -0.15) is 0 Å². The molecule has 1 aliphatic rings. The first-order chi connectivity index (χ1) is 14.7. The van der Waals surface area contributed by atoms with E-state index in [1.165, 1.54) is 22.3 Å². The average Bonchev–Trinajstić information content (AvgIpc) is 3.17. The molecule has 2 nitrogen and oxygen atoms in total. The van der Waals surface area contributed by atoms with E-state index in [0.29, 0.717) is 5.46 Å². The summed E-state index contributed by atoms with van der Waals surface area (Å²) in [5, 5.41) is 24.5. The Morgan fingerprint density at radius 1 is 0.567 bits per heavy atom. The third kappa shape index (κ3) is 2.53. The molecule has 0 heterocycles. The maximum absolute atomic E-state index is 10.0. The Labute approximate surface area is 175 Å². The van der Waals surface area contributed by atoms with Crippen LogP contribution in [0.4, 0.5) is 0 Å². The van der Waals surface area contributed by atoms with E-state index in [1.54, 1.807) is 0 Å². The standard InChI is InChI=1S/C27H19BO2/c29-28(30)19-15-26-20-8-3-1-6-17(20)12-13-24(26)27(16-19)23-11-5-10-22-21-9-4-2-7-18(21)14-25(22)23/h1-13,15-16,29-30H,14H2. The van der Waals surface area contributed by atoms with Gasteiger partial charge in [-0.15, -0.1) is 0 Å². The lowest BCUT2D eigenvalue weighted by Gasteiger charge is -2.15. The van der Waals surface area contributed by atoms with Crippen molar-refractivity contribution >= 4 is 34.1 Å². The molecule has 142 valence electrons. The van der Waals surface area contributed by atoms with Crippen LogP contribution in [0.2, 0.25) is 0 Å².